The molecule has 0 aromatic carbocycles. The fraction of sp³-hybridized carbons (Fsp3) is 0.350. The van der Waals surface area contributed by atoms with Crippen LogP contribution in [0.2, 0.25) is 0 Å². The lowest BCUT2D eigenvalue weighted by atomic mass is 10.1. The van der Waals surface area contributed by atoms with Crippen molar-refractivity contribution in [1.82, 2.24) is 20.1 Å². The molecule has 3 aromatic heterocycles. The highest BCUT2D eigenvalue weighted by Crippen LogP contribution is 2.37. The zero-order chi connectivity index (χ0) is 18.8. The van der Waals surface area contributed by atoms with Gasteiger partial charge in [-0.1, -0.05) is 25.1 Å². The first kappa shape index (κ1) is 17.2. The minimum atomic E-state index is -0.0861. The normalized spacial score (nSPS) is 16.7. The van der Waals surface area contributed by atoms with Gasteiger partial charge in [0.25, 0.3) is 0 Å². The van der Waals surface area contributed by atoms with Crippen LogP contribution < -0.4 is 4.90 Å². The predicted octanol–water partition coefficient (Wildman–Crippen LogP) is 3.86. The Morgan fingerprint density at radius 2 is 2.11 bits per heavy atom. The maximum Gasteiger partial charge on any atom is 0.249 e. The third-order valence-electron chi connectivity index (χ3n) is 4.75. The molecule has 4 rings (SSSR count). The van der Waals surface area contributed by atoms with Crippen molar-refractivity contribution >= 4 is 5.82 Å². The molecule has 0 aliphatic carbocycles. The molecule has 0 saturated carbocycles. The second kappa shape index (κ2) is 7.16. The summed E-state index contributed by atoms with van der Waals surface area (Å²) in [5.74, 6) is 2.00. The Labute approximate surface area is 157 Å². The van der Waals surface area contributed by atoms with Crippen LogP contribution in [0.25, 0.3) is 11.5 Å². The molecule has 1 saturated heterocycles. The summed E-state index contributed by atoms with van der Waals surface area (Å²) in [6, 6.07) is 11.5. The average molecular weight is 360 g/mol. The molecular formula is C20H20N6O. The summed E-state index contributed by atoms with van der Waals surface area (Å²) >= 11 is 0. The topological polar surface area (TPSA) is 91.7 Å². The van der Waals surface area contributed by atoms with Gasteiger partial charge in [0, 0.05) is 18.4 Å². The number of pyridine rings is 2. The van der Waals surface area contributed by atoms with Gasteiger partial charge in [-0.05, 0) is 43.0 Å². The molecule has 1 aliphatic rings. The van der Waals surface area contributed by atoms with Crippen LogP contribution in [0.1, 0.15) is 55.8 Å². The van der Waals surface area contributed by atoms with Gasteiger partial charge in [-0.2, -0.15) is 10.2 Å². The molecular weight excluding hydrogens is 340 g/mol. The maximum absolute atomic E-state index is 9.54. The third-order valence-corrected chi connectivity index (χ3v) is 4.75. The highest BCUT2D eigenvalue weighted by Gasteiger charge is 2.33. The Morgan fingerprint density at radius 3 is 2.85 bits per heavy atom. The second-order valence-electron chi connectivity index (χ2n) is 6.90. The van der Waals surface area contributed by atoms with Crippen molar-refractivity contribution in [3.05, 3.63) is 53.7 Å². The molecule has 7 heteroatoms. The van der Waals surface area contributed by atoms with Gasteiger partial charge in [0.15, 0.2) is 0 Å². The van der Waals surface area contributed by atoms with Crippen LogP contribution >= 0.6 is 0 Å². The smallest absolute Gasteiger partial charge is 0.249 e. The Kier molecular flexibility index (Phi) is 4.55. The minimum absolute atomic E-state index is 0.0861. The van der Waals surface area contributed by atoms with Crippen molar-refractivity contribution in [3.8, 4) is 17.6 Å². The van der Waals surface area contributed by atoms with Crippen LogP contribution in [0.3, 0.4) is 0 Å². The summed E-state index contributed by atoms with van der Waals surface area (Å²) in [6.45, 7) is 4.99. The average Bonchev–Trinajstić information content (AvgIpc) is 3.37. The van der Waals surface area contributed by atoms with E-state index in [1.807, 2.05) is 30.3 Å². The molecule has 136 valence electrons. The monoisotopic (exact) mass is 360 g/mol. The molecule has 0 amide bonds. The van der Waals surface area contributed by atoms with Crippen molar-refractivity contribution < 1.29 is 4.52 Å². The van der Waals surface area contributed by atoms with E-state index in [0.717, 1.165) is 25.1 Å². The third kappa shape index (κ3) is 3.26. The molecule has 1 aliphatic heterocycles. The van der Waals surface area contributed by atoms with Crippen LogP contribution in [-0.4, -0.2) is 26.7 Å². The first-order valence-electron chi connectivity index (χ1n) is 9.10. The van der Waals surface area contributed by atoms with Crippen LogP contribution in [0, 0.1) is 11.3 Å². The van der Waals surface area contributed by atoms with Crippen LogP contribution in [0.4, 0.5) is 5.82 Å². The van der Waals surface area contributed by atoms with Crippen LogP contribution in [0.5, 0.6) is 0 Å². The molecule has 3 aromatic rings. The minimum Gasteiger partial charge on any atom is -0.343 e. The van der Waals surface area contributed by atoms with Crippen LogP contribution in [0.15, 0.2) is 41.1 Å². The molecule has 4 heterocycles. The van der Waals surface area contributed by atoms with Gasteiger partial charge < -0.3 is 9.42 Å². The first-order valence-corrected chi connectivity index (χ1v) is 9.10. The molecule has 1 fully saturated rings. The van der Waals surface area contributed by atoms with Gasteiger partial charge in [-0.25, -0.2) is 4.98 Å². The molecule has 0 bridgehead atoms. The number of hydrogen-bond donors (Lipinski definition) is 0. The van der Waals surface area contributed by atoms with Crippen LogP contribution in [-0.2, 0) is 0 Å². The largest absolute Gasteiger partial charge is 0.343 e. The molecule has 0 spiro atoms. The van der Waals surface area contributed by atoms with Crippen molar-refractivity contribution in [2.24, 2.45) is 0 Å². The van der Waals surface area contributed by atoms with Gasteiger partial charge in [0.1, 0.15) is 23.6 Å². The van der Waals surface area contributed by atoms with Crippen molar-refractivity contribution in [2.75, 3.05) is 11.4 Å². The maximum atomic E-state index is 9.54. The molecule has 27 heavy (non-hydrogen) atoms. The Bertz CT molecular complexity index is 976. The fourth-order valence-corrected chi connectivity index (χ4v) is 3.34. The number of hydrogen-bond acceptors (Lipinski definition) is 7. The second-order valence-corrected chi connectivity index (χ2v) is 6.90. The summed E-state index contributed by atoms with van der Waals surface area (Å²) in [4.78, 5) is 15.7. The standard InChI is InChI=1S/C20H20N6O/c1-13(2)15-9-8-14(12-21)19(23-15)26-11-5-7-17(26)20-24-18(25-27-20)16-6-3-4-10-22-16/h3-4,6,8-10,13,17H,5,7,11H2,1-2H3/t17-/m0/s1. The Hall–Kier alpha value is -3.27. The zero-order valence-corrected chi connectivity index (χ0v) is 15.3. The number of nitriles is 1. The van der Waals surface area contributed by atoms with E-state index in [2.05, 4.69) is 39.9 Å². The molecule has 0 N–H and O–H groups in total. The number of aromatic nitrogens is 4. The summed E-state index contributed by atoms with van der Waals surface area (Å²) in [5.41, 5.74) is 2.21. The highest BCUT2D eigenvalue weighted by molar-refractivity contribution is 5.56. The van der Waals surface area contributed by atoms with Crippen molar-refractivity contribution in [3.63, 3.8) is 0 Å². The predicted molar refractivity (Wildman–Crippen MR) is 99.9 cm³/mol. The lowest BCUT2D eigenvalue weighted by Crippen LogP contribution is -2.25. The highest BCUT2D eigenvalue weighted by atomic mass is 16.5. The lowest BCUT2D eigenvalue weighted by Gasteiger charge is -2.24. The summed E-state index contributed by atoms with van der Waals surface area (Å²) in [5, 5.41) is 13.6. The SMILES string of the molecule is CC(C)c1ccc(C#N)c(N2CCC[C@H]2c2nc(-c3ccccn3)no2)n1. The molecule has 0 unspecified atom stereocenters. The number of rotatable bonds is 4. The van der Waals surface area contributed by atoms with E-state index in [9.17, 15) is 5.26 Å². The molecule has 7 nitrogen and oxygen atoms in total. The Balaban J connectivity index is 1.69. The quantitative estimate of drug-likeness (QED) is 0.697. The van der Waals surface area contributed by atoms with Gasteiger partial charge in [-0.15, -0.1) is 0 Å². The summed E-state index contributed by atoms with van der Waals surface area (Å²) in [7, 11) is 0. The van der Waals surface area contributed by atoms with E-state index >= 15 is 0 Å². The van der Waals surface area contributed by atoms with E-state index < -0.39 is 0 Å². The number of nitrogens with zero attached hydrogens (tertiary/aromatic N) is 6. The first-order chi connectivity index (χ1) is 13.2. The van der Waals surface area contributed by atoms with E-state index in [4.69, 9.17) is 9.51 Å². The molecule has 0 radical (unpaired) electrons. The van der Waals surface area contributed by atoms with Crippen molar-refractivity contribution in [2.45, 2.75) is 38.6 Å². The number of anilines is 1. The van der Waals surface area contributed by atoms with E-state index in [1.54, 1.807) is 6.20 Å². The van der Waals surface area contributed by atoms with Gasteiger partial charge >= 0.3 is 0 Å². The fourth-order valence-electron chi connectivity index (χ4n) is 3.34. The van der Waals surface area contributed by atoms with Gasteiger partial charge in [0.05, 0.1) is 5.56 Å². The van der Waals surface area contributed by atoms with E-state index in [0.29, 0.717) is 28.8 Å². The van der Waals surface area contributed by atoms with Gasteiger partial charge in [-0.3, -0.25) is 4.98 Å². The summed E-state index contributed by atoms with van der Waals surface area (Å²) in [6.07, 6.45) is 3.56. The lowest BCUT2D eigenvalue weighted by molar-refractivity contribution is 0.354. The van der Waals surface area contributed by atoms with Gasteiger partial charge in [0.2, 0.25) is 11.7 Å². The molecule has 1 atom stereocenters. The van der Waals surface area contributed by atoms with E-state index in [-0.39, 0.29) is 12.0 Å². The zero-order valence-electron chi connectivity index (χ0n) is 15.3. The summed E-state index contributed by atoms with van der Waals surface area (Å²) < 4.78 is 5.55. The van der Waals surface area contributed by atoms with Crippen molar-refractivity contribution in [1.29, 1.82) is 5.26 Å². The Morgan fingerprint density at radius 1 is 1.22 bits per heavy atom. The van der Waals surface area contributed by atoms with E-state index in [1.165, 1.54) is 0 Å².